The zero-order chi connectivity index (χ0) is 26.4. The first-order valence-electron chi connectivity index (χ1n) is 14.3. The number of hydrogen-bond donors (Lipinski definition) is 1. The quantitative estimate of drug-likeness (QED) is 0.321. The van der Waals surface area contributed by atoms with Gasteiger partial charge in [-0.15, -0.1) is 0 Å². The van der Waals surface area contributed by atoms with Crippen LogP contribution in [0.3, 0.4) is 0 Å². The summed E-state index contributed by atoms with van der Waals surface area (Å²) in [7, 11) is 0. The van der Waals surface area contributed by atoms with Crippen LogP contribution >= 0.6 is 0 Å². The Morgan fingerprint density at radius 1 is 1.13 bits per heavy atom. The summed E-state index contributed by atoms with van der Waals surface area (Å²) < 4.78 is 18.1. The number of hydrogen-bond acceptors (Lipinski definition) is 5. The summed E-state index contributed by atoms with van der Waals surface area (Å²) in [5.41, 5.74) is 2.46. The van der Waals surface area contributed by atoms with Gasteiger partial charge in [-0.1, -0.05) is 75.5 Å². The van der Waals surface area contributed by atoms with Crippen molar-refractivity contribution < 1.29 is 24.1 Å². The largest absolute Gasteiger partial charge is 0.459 e. The Bertz CT molecular complexity index is 914. The molecule has 5 nitrogen and oxygen atoms in total. The van der Waals surface area contributed by atoms with Crippen LogP contribution < -0.4 is 0 Å². The molecular formula is C33H50O5. The third-order valence-corrected chi connectivity index (χ3v) is 8.29. The number of fused-ring (bicyclic) bond motifs is 3. The van der Waals surface area contributed by atoms with E-state index in [4.69, 9.17) is 14.2 Å². The molecule has 212 valence electrons. The van der Waals surface area contributed by atoms with Crippen molar-refractivity contribution in [2.45, 2.75) is 110 Å². The van der Waals surface area contributed by atoms with E-state index in [1.807, 2.05) is 6.08 Å². The normalized spacial score (nSPS) is 38.6. The minimum absolute atomic E-state index is 0. The summed E-state index contributed by atoms with van der Waals surface area (Å²) in [5, 5.41) is 10.9. The second-order valence-corrected chi connectivity index (χ2v) is 11.9. The number of rotatable bonds is 3. The summed E-state index contributed by atoms with van der Waals surface area (Å²) in [6.07, 6.45) is 20.4. The van der Waals surface area contributed by atoms with E-state index in [0.29, 0.717) is 31.3 Å². The van der Waals surface area contributed by atoms with Crippen LogP contribution in [-0.4, -0.2) is 48.2 Å². The number of carbonyl (C=O) groups is 1. The van der Waals surface area contributed by atoms with Crippen molar-refractivity contribution in [3.63, 3.8) is 0 Å². The average Bonchev–Trinajstić information content (AvgIpc) is 3.61. The van der Waals surface area contributed by atoms with E-state index in [0.717, 1.165) is 44.1 Å². The van der Waals surface area contributed by atoms with E-state index in [-0.39, 0.29) is 55.8 Å². The van der Waals surface area contributed by atoms with Gasteiger partial charge in [0, 0.05) is 12.0 Å². The Labute approximate surface area is 230 Å². The minimum atomic E-state index is -0.380. The van der Waals surface area contributed by atoms with Crippen LogP contribution in [0.4, 0.5) is 0 Å². The van der Waals surface area contributed by atoms with Gasteiger partial charge in [-0.3, -0.25) is 0 Å². The molecule has 4 aliphatic rings. The van der Waals surface area contributed by atoms with Crippen LogP contribution in [-0.2, 0) is 19.0 Å². The van der Waals surface area contributed by atoms with Gasteiger partial charge in [0.25, 0.3) is 0 Å². The summed E-state index contributed by atoms with van der Waals surface area (Å²) in [6, 6.07) is 0. The zero-order valence-corrected chi connectivity index (χ0v) is 22.9. The highest BCUT2D eigenvalue weighted by Gasteiger charge is 2.44. The molecule has 38 heavy (non-hydrogen) atoms. The van der Waals surface area contributed by atoms with E-state index in [9.17, 15) is 9.90 Å². The van der Waals surface area contributed by atoms with Gasteiger partial charge in [0.1, 0.15) is 6.10 Å². The molecule has 0 amide bonds. The number of cyclic esters (lactones) is 1. The highest BCUT2D eigenvalue weighted by Crippen LogP contribution is 2.47. The fourth-order valence-electron chi connectivity index (χ4n) is 6.06. The highest BCUT2D eigenvalue weighted by molar-refractivity contribution is 5.82. The lowest BCUT2D eigenvalue weighted by Crippen LogP contribution is -2.27. The molecule has 3 aliphatic heterocycles. The summed E-state index contributed by atoms with van der Waals surface area (Å²) >= 11 is 0. The van der Waals surface area contributed by atoms with Gasteiger partial charge >= 0.3 is 5.97 Å². The molecule has 0 aromatic heterocycles. The van der Waals surface area contributed by atoms with E-state index < -0.39 is 0 Å². The third kappa shape index (κ3) is 9.36. The number of esters is 1. The van der Waals surface area contributed by atoms with Crippen molar-refractivity contribution in [3.05, 3.63) is 60.3 Å². The molecule has 1 aliphatic carbocycles. The molecule has 2 bridgehead atoms. The standard InChI is InChI=1S/C32H46O5.CH4/c1-21-13-14-35-27(16-21)12-11-24(4)31-20-25-19-29(25)30(33)18-23(3)15-22(2)17-28-9-5-7-26(36-28)8-6-10-32(34)37-31;/h5-7,10-13,22,24-31,33H,3,8-9,14-20H2,1-2,4H3;1H4/b10-6-,12-11+;/t22-,24-,25-,26-,27+,28-,29+,30-,31-;/m0./s1. The SMILES string of the molecule is C.C=C1C[C@H](C)C[C@@H]2CC=C[C@@H](C/C=C\C(=O)O[C@H]([C@@H](C)/C=C/[C@@H]3CC(C)=CCO3)C[C@@H]3C[C@H]3[C@@H](O)C1)O2. The lowest BCUT2D eigenvalue weighted by atomic mass is 9.90. The van der Waals surface area contributed by atoms with E-state index in [1.54, 1.807) is 6.08 Å². The smallest absolute Gasteiger partial charge is 0.330 e. The van der Waals surface area contributed by atoms with Crippen LogP contribution in [0, 0.1) is 23.7 Å². The fraction of sp³-hybridized carbons (Fsp3) is 0.667. The molecule has 1 fully saturated rings. The van der Waals surface area contributed by atoms with E-state index >= 15 is 0 Å². The van der Waals surface area contributed by atoms with Crippen LogP contribution in [0.2, 0.25) is 0 Å². The van der Waals surface area contributed by atoms with E-state index in [2.05, 4.69) is 57.7 Å². The number of aliphatic hydroxyl groups is 1. The molecule has 0 radical (unpaired) electrons. The van der Waals surface area contributed by atoms with Gasteiger partial charge in [-0.25, -0.2) is 4.79 Å². The van der Waals surface area contributed by atoms with Crippen molar-refractivity contribution in [1.82, 2.24) is 0 Å². The number of ether oxygens (including phenoxy) is 3. The molecular weight excluding hydrogens is 476 g/mol. The topological polar surface area (TPSA) is 65.0 Å². The maximum atomic E-state index is 12.8. The molecule has 0 aromatic rings. The Balaban J connectivity index is 0.00000400. The lowest BCUT2D eigenvalue weighted by Gasteiger charge is -2.28. The maximum Gasteiger partial charge on any atom is 0.330 e. The van der Waals surface area contributed by atoms with Crippen molar-refractivity contribution in [2.24, 2.45) is 23.7 Å². The van der Waals surface area contributed by atoms with Crippen LogP contribution in [0.15, 0.2) is 60.3 Å². The van der Waals surface area contributed by atoms with Crippen molar-refractivity contribution >= 4 is 5.97 Å². The van der Waals surface area contributed by atoms with Gasteiger partial charge in [0.15, 0.2) is 0 Å². The number of aliphatic hydroxyl groups excluding tert-OH is 1. The van der Waals surface area contributed by atoms with Gasteiger partial charge in [0.2, 0.25) is 0 Å². The molecule has 0 unspecified atom stereocenters. The fourth-order valence-corrected chi connectivity index (χ4v) is 6.06. The van der Waals surface area contributed by atoms with Crippen LogP contribution in [0.1, 0.15) is 79.6 Å². The molecule has 1 N–H and O–H groups in total. The Morgan fingerprint density at radius 3 is 2.74 bits per heavy atom. The first kappa shape index (κ1) is 30.6. The second kappa shape index (κ2) is 14.4. The maximum absolute atomic E-state index is 12.8. The molecule has 4 rings (SSSR count). The Hall–Kier alpha value is -1.95. The highest BCUT2D eigenvalue weighted by atomic mass is 16.5. The first-order chi connectivity index (χ1) is 17.8. The van der Waals surface area contributed by atoms with Crippen molar-refractivity contribution in [3.8, 4) is 0 Å². The Morgan fingerprint density at radius 2 is 1.95 bits per heavy atom. The summed E-state index contributed by atoms with van der Waals surface area (Å²) in [4.78, 5) is 12.8. The first-order valence-corrected chi connectivity index (χ1v) is 14.3. The van der Waals surface area contributed by atoms with Crippen LogP contribution in [0.25, 0.3) is 0 Å². The predicted molar refractivity (Wildman–Crippen MR) is 154 cm³/mol. The monoisotopic (exact) mass is 526 g/mol. The van der Waals surface area contributed by atoms with Gasteiger partial charge in [-0.05, 0) is 76.0 Å². The molecule has 9 atom stereocenters. The molecule has 0 saturated heterocycles. The van der Waals surface area contributed by atoms with E-state index in [1.165, 1.54) is 5.57 Å². The third-order valence-electron chi connectivity index (χ3n) is 8.29. The lowest BCUT2D eigenvalue weighted by molar-refractivity contribution is -0.145. The molecule has 1 saturated carbocycles. The van der Waals surface area contributed by atoms with Gasteiger partial charge < -0.3 is 19.3 Å². The molecule has 3 heterocycles. The number of carbonyl (C=O) groups excluding carboxylic acids is 1. The van der Waals surface area contributed by atoms with Crippen molar-refractivity contribution in [2.75, 3.05) is 6.61 Å². The van der Waals surface area contributed by atoms with Crippen molar-refractivity contribution in [1.29, 1.82) is 0 Å². The summed E-state index contributed by atoms with van der Waals surface area (Å²) in [6.45, 7) is 11.4. The second-order valence-electron chi connectivity index (χ2n) is 11.9. The van der Waals surface area contributed by atoms with Gasteiger partial charge in [0.05, 0.1) is 31.0 Å². The minimum Gasteiger partial charge on any atom is -0.459 e. The zero-order valence-electron chi connectivity index (χ0n) is 22.9. The Kier molecular flexibility index (Phi) is 11.6. The van der Waals surface area contributed by atoms with Gasteiger partial charge in [-0.2, -0.15) is 0 Å². The molecule has 5 heteroatoms. The summed E-state index contributed by atoms with van der Waals surface area (Å²) in [5.74, 6) is 0.819. The average molecular weight is 527 g/mol. The molecule has 0 aromatic carbocycles. The molecule has 0 spiro atoms. The van der Waals surface area contributed by atoms with Crippen LogP contribution in [0.5, 0.6) is 0 Å². The predicted octanol–water partition coefficient (Wildman–Crippen LogP) is 6.89.